The van der Waals surface area contributed by atoms with Gasteiger partial charge in [-0.3, -0.25) is 4.79 Å². The van der Waals surface area contributed by atoms with Gasteiger partial charge < -0.3 is 20.0 Å². The zero-order valence-corrected chi connectivity index (χ0v) is 17.0. The van der Waals surface area contributed by atoms with Crippen LogP contribution in [0, 0.1) is 6.92 Å². The molecule has 5 rings (SSSR count). The minimum absolute atomic E-state index is 0.00775. The molecule has 2 fully saturated rings. The summed E-state index contributed by atoms with van der Waals surface area (Å²) in [6.45, 7) is 2.99. The number of carbonyl (C=O) groups excluding carboxylic acids is 1. The Morgan fingerprint density at radius 1 is 1.22 bits per heavy atom. The number of nitrogens with zero attached hydrogens (tertiary/aromatic N) is 4. The Hall–Kier alpha value is -3.63. The molecule has 11 heteroatoms. The quantitative estimate of drug-likeness (QED) is 0.634. The molecule has 1 aromatic carbocycles. The maximum absolute atomic E-state index is 12.9. The predicted molar refractivity (Wildman–Crippen MR) is 109 cm³/mol. The van der Waals surface area contributed by atoms with Crippen molar-refractivity contribution in [1.82, 2.24) is 20.3 Å². The molecule has 1 spiro atoms. The fourth-order valence-electron chi connectivity index (χ4n) is 3.90. The van der Waals surface area contributed by atoms with E-state index in [0.29, 0.717) is 36.1 Å². The minimum atomic E-state index is -4.56. The number of nitrogens with one attached hydrogen (secondary N) is 2. The highest BCUT2D eigenvalue weighted by Gasteiger charge is 2.57. The number of hydrogen-bond donors (Lipinski definition) is 2. The van der Waals surface area contributed by atoms with Gasteiger partial charge in [-0.25, -0.2) is 15.0 Å². The van der Waals surface area contributed by atoms with E-state index < -0.39 is 17.4 Å². The number of aryl methyl sites for hydroxylation is 1. The number of aromatic nitrogens is 3. The topological polar surface area (TPSA) is 96.2 Å². The van der Waals surface area contributed by atoms with E-state index in [1.54, 1.807) is 18.3 Å². The van der Waals surface area contributed by atoms with Gasteiger partial charge in [0.1, 0.15) is 11.2 Å². The molecule has 2 N–H and O–H groups in total. The lowest BCUT2D eigenvalue weighted by Gasteiger charge is -2.34. The number of piperazine rings is 1. The fourth-order valence-corrected chi connectivity index (χ4v) is 3.90. The lowest BCUT2D eigenvalue weighted by Crippen LogP contribution is -2.57. The van der Waals surface area contributed by atoms with Gasteiger partial charge in [-0.05, 0) is 49.6 Å². The van der Waals surface area contributed by atoms with Crippen LogP contribution in [0.3, 0.4) is 0 Å². The number of alkyl halides is 3. The molecule has 1 amide bonds. The monoisotopic (exact) mass is 444 g/mol. The number of carbonyl (C=O) groups is 1. The molecule has 1 aliphatic heterocycles. The first kappa shape index (κ1) is 20.3. The molecule has 32 heavy (non-hydrogen) atoms. The first-order chi connectivity index (χ1) is 15.2. The first-order valence-electron chi connectivity index (χ1n) is 10.1. The molecule has 0 radical (unpaired) electrons. The highest BCUT2D eigenvalue weighted by Crippen LogP contribution is 2.45. The van der Waals surface area contributed by atoms with Crippen molar-refractivity contribution in [2.24, 2.45) is 0 Å². The Morgan fingerprint density at radius 3 is 2.78 bits per heavy atom. The Labute approximate surface area is 180 Å². The molecule has 166 valence electrons. The van der Waals surface area contributed by atoms with Crippen molar-refractivity contribution in [2.45, 2.75) is 31.5 Å². The van der Waals surface area contributed by atoms with Crippen LogP contribution in [0.5, 0.6) is 0 Å². The second-order valence-electron chi connectivity index (χ2n) is 7.92. The summed E-state index contributed by atoms with van der Waals surface area (Å²) in [5, 5.41) is 5.70. The third kappa shape index (κ3) is 3.63. The molecular formula is C21H19F3N6O2. The van der Waals surface area contributed by atoms with Gasteiger partial charge in [-0.15, -0.1) is 0 Å². The second-order valence-corrected chi connectivity index (χ2v) is 7.92. The van der Waals surface area contributed by atoms with Crippen molar-refractivity contribution < 1.29 is 22.4 Å². The average molecular weight is 444 g/mol. The van der Waals surface area contributed by atoms with Crippen molar-refractivity contribution in [1.29, 1.82) is 0 Å². The number of rotatable bonds is 4. The SMILES string of the molecule is Cc1cc(Nc2nccc(C(F)(F)F)n2)cc(-c2cnc(N3CCNC(=O)C34CC4)o2)c1. The molecule has 2 aromatic heterocycles. The van der Waals surface area contributed by atoms with Crippen LogP contribution in [0.15, 0.2) is 41.1 Å². The van der Waals surface area contributed by atoms with Gasteiger partial charge in [-0.1, -0.05) is 0 Å². The van der Waals surface area contributed by atoms with Crippen LogP contribution in [0.25, 0.3) is 11.3 Å². The van der Waals surface area contributed by atoms with Gasteiger partial charge in [0, 0.05) is 30.5 Å². The highest BCUT2D eigenvalue weighted by molar-refractivity contribution is 5.93. The van der Waals surface area contributed by atoms with Gasteiger partial charge in [0.15, 0.2) is 5.76 Å². The summed E-state index contributed by atoms with van der Waals surface area (Å²) in [7, 11) is 0. The molecule has 0 unspecified atom stereocenters. The third-order valence-electron chi connectivity index (χ3n) is 5.57. The van der Waals surface area contributed by atoms with Crippen molar-refractivity contribution in [3.8, 4) is 11.3 Å². The molecule has 0 atom stereocenters. The molecule has 2 aliphatic rings. The van der Waals surface area contributed by atoms with Gasteiger partial charge in [-0.2, -0.15) is 13.2 Å². The van der Waals surface area contributed by atoms with Crippen LogP contribution in [0.2, 0.25) is 0 Å². The molecule has 3 aromatic rings. The Balaban J connectivity index is 1.41. The van der Waals surface area contributed by atoms with Crippen LogP contribution in [-0.4, -0.2) is 39.5 Å². The minimum Gasteiger partial charge on any atom is -0.423 e. The summed E-state index contributed by atoms with van der Waals surface area (Å²) < 4.78 is 44.8. The van der Waals surface area contributed by atoms with E-state index >= 15 is 0 Å². The first-order valence-corrected chi connectivity index (χ1v) is 10.1. The van der Waals surface area contributed by atoms with Crippen LogP contribution in [0.1, 0.15) is 24.1 Å². The standard InChI is InChI=1S/C21H19F3N6O2/c1-12-8-13(10-14(9-12)28-18-26-5-2-16(29-18)21(22,23)24)15-11-27-19(32-15)30-7-6-25-17(31)20(30)3-4-20/h2,5,8-11H,3-4,6-7H2,1H3,(H,25,31)(H,26,28,29). The number of benzene rings is 1. The van der Waals surface area contributed by atoms with Gasteiger partial charge in [0.25, 0.3) is 6.01 Å². The number of hydrogen-bond acceptors (Lipinski definition) is 7. The van der Waals surface area contributed by atoms with E-state index in [4.69, 9.17) is 4.42 Å². The zero-order chi connectivity index (χ0) is 22.5. The van der Waals surface area contributed by atoms with Gasteiger partial charge >= 0.3 is 6.18 Å². The number of oxazole rings is 1. The van der Waals surface area contributed by atoms with E-state index in [9.17, 15) is 18.0 Å². The molecule has 1 saturated carbocycles. The highest BCUT2D eigenvalue weighted by atomic mass is 19.4. The number of halogens is 3. The average Bonchev–Trinajstić information content (AvgIpc) is 3.36. The van der Waals surface area contributed by atoms with Gasteiger partial charge in [0.2, 0.25) is 11.9 Å². The van der Waals surface area contributed by atoms with Crippen LogP contribution in [-0.2, 0) is 11.0 Å². The maximum Gasteiger partial charge on any atom is 0.433 e. The van der Waals surface area contributed by atoms with Crippen molar-refractivity contribution >= 4 is 23.6 Å². The number of amides is 1. The van der Waals surface area contributed by atoms with E-state index in [1.165, 1.54) is 0 Å². The van der Waals surface area contributed by atoms with Crippen LogP contribution >= 0.6 is 0 Å². The fraction of sp³-hybridized carbons (Fsp3) is 0.333. The molecule has 8 nitrogen and oxygen atoms in total. The molecule has 0 bridgehead atoms. The lowest BCUT2D eigenvalue weighted by atomic mass is 10.1. The van der Waals surface area contributed by atoms with Crippen molar-refractivity contribution in [3.63, 3.8) is 0 Å². The Kier molecular flexibility index (Phi) is 4.57. The zero-order valence-electron chi connectivity index (χ0n) is 17.0. The van der Waals surface area contributed by atoms with E-state index in [0.717, 1.165) is 30.7 Å². The normalized spacial score (nSPS) is 17.4. The van der Waals surface area contributed by atoms with Crippen LogP contribution < -0.4 is 15.5 Å². The third-order valence-corrected chi connectivity index (χ3v) is 5.57. The Morgan fingerprint density at radius 2 is 2.03 bits per heavy atom. The van der Waals surface area contributed by atoms with Crippen molar-refractivity contribution in [3.05, 3.63) is 47.9 Å². The van der Waals surface area contributed by atoms with E-state index in [1.807, 2.05) is 17.9 Å². The summed E-state index contributed by atoms with van der Waals surface area (Å²) in [6, 6.07) is 6.55. The maximum atomic E-state index is 12.9. The van der Waals surface area contributed by atoms with E-state index in [-0.39, 0.29) is 11.9 Å². The van der Waals surface area contributed by atoms with Crippen molar-refractivity contribution in [2.75, 3.05) is 23.3 Å². The van der Waals surface area contributed by atoms with Gasteiger partial charge in [0.05, 0.1) is 6.20 Å². The van der Waals surface area contributed by atoms with Crippen LogP contribution in [0.4, 0.5) is 30.8 Å². The lowest BCUT2D eigenvalue weighted by molar-refractivity contribution is -0.141. The predicted octanol–water partition coefficient (Wildman–Crippen LogP) is 3.67. The summed E-state index contributed by atoms with van der Waals surface area (Å²) in [4.78, 5) is 26.0. The smallest absolute Gasteiger partial charge is 0.423 e. The second kappa shape index (κ2) is 7.21. The summed E-state index contributed by atoms with van der Waals surface area (Å²) in [5.41, 5.74) is 0.451. The summed E-state index contributed by atoms with van der Waals surface area (Å²) >= 11 is 0. The molecule has 1 saturated heterocycles. The summed E-state index contributed by atoms with van der Waals surface area (Å²) in [6.07, 6.45) is -0.410. The van der Waals surface area contributed by atoms with E-state index in [2.05, 4.69) is 25.6 Å². The number of anilines is 3. The largest absolute Gasteiger partial charge is 0.433 e. The Bertz CT molecular complexity index is 1190. The molecule has 3 heterocycles. The molecule has 1 aliphatic carbocycles. The molecular weight excluding hydrogens is 425 g/mol. The summed E-state index contributed by atoms with van der Waals surface area (Å²) in [5.74, 6) is 0.315.